The van der Waals surface area contributed by atoms with Crippen molar-refractivity contribution in [1.82, 2.24) is 0 Å². The van der Waals surface area contributed by atoms with E-state index in [-0.39, 0.29) is 5.60 Å². The van der Waals surface area contributed by atoms with Crippen LogP contribution >= 0.6 is 0 Å². The van der Waals surface area contributed by atoms with Gasteiger partial charge in [0.25, 0.3) is 0 Å². The highest BCUT2D eigenvalue weighted by Crippen LogP contribution is 2.30. The molecule has 1 nitrogen and oxygen atoms in total. The van der Waals surface area contributed by atoms with E-state index in [1.165, 1.54) is 12.8 Å². The summed E-state index contributed by atoms with van der Waals surface area (Å²) in [5.41, 5.74) is 0.114. The highest BCUT2D eigenvalue weighted by atomic mass is 16.5. The first-order valence-corrected chi connectivity index (χ1v) is 4.28. The van der Waals surface area contributed by atoms with E-state index in [1.807, 2.05) is 0 Å². The van der Waals surface area contributed by atoms with Gasteiger partial charge < -0.3 is 4.74 Å². The Balaban J connectivity index is 2.09. The lowest BCUT2D eigenvalue weighted by atomic mass is 10.1. The first kappa shape index (κ1) is 8.06. The third-order valence-corrected chi connectivity index (χ3v) is 2.26. The minimum absolute atomic E-state index is 0.114. The van der Waals surface area contributed by atoms with Crippen LogP contribution in [-0.2, 0) is 4.74 Å². The molecule has 0 heterocycles. The summed E-state index contributed by atoms with van der Waals surface area (Å²) < 4.78 is 5.70. The fourth-order valence-electron chi connectivity index (χ4n) is 0.730. The van der Waals surface area contributed by atoms with Gasteiger partial charge >= 0.3 is 0 Å². The van der Waals surface area contributed by atoms with Gasteiger partial charge in [-0.25, -0.2) is 0 Å². The van der Waals surface area contributed by atoms with Gasteiger partial charge in [-0.05, 0) is 39.0 Å². The average Bonchev–Trinajstić information content (AvgIpc) is 2.66. The largest absolute Gasteiger partial charge is 0.375 e. The minimum Gasteiger partial charge on any atom is -0.375 e. The van der Waals surface area contributed by atoms with Gasteiger partial charge in [0.05, 0.1) is 12.2 Å². The molecule has 0 aliphatic heterocycles. The highest BCUT2D eigenvalue weighted by molar-refractivity contribution is 4.74. The van der Waals surface area contributed by atoms with Gasteiger partial charge in [-0.1, -0.05) is 6.92 Å². The van der Waals surface area contributed by atoms with Crippen LogP contribution in [0.4, 0.5) is 0 Å². The van der Waals surface area contributed by atoms with Gasteiger partial charge in [-0.3, -0.25) is 0 Å². The number of hydrogen-bond donors (Lipinski definition) is 0. The molecule has 1 aliphatic rings. The van der Waals surface area contributed by atoms with Crippen LogP contribution in [0.3, 0.4) is 0 Å². The van der Waals surface area contributed by atoms with Crippen LogP contribution < -0.4 is 0 Å². The van der Waals surface area contributed by atoms with Crippen LogP contribution in [0.15, 0.2) is 0 Å². The average molecular weight is 142 g/mol. The summed E-state index contributed by atoms with van der Waals surface area (Å²) in [6, 6.07) is 0. The van der Waals surface area contributed by atoms with Crippen molar-refractivity contribution in [3.8, 4) is 0 Å². The molecule has 1 saturated carbocycles. The van der Waals surface area contributed by atoms with Gasteiger partial charge in [0.15, 0.2) is 0 Å². The molecule has 0 N–H and O–H groups in total. The molecule has 0 spiro atoms. The maximum absolute atomic E-state index is 5.70. The summed E-state index contributed by atoms with van der Waals surface area (Å²) >= 11 is 0. The first-order valence-electron chi connectivity index (χ1n) is 4.28. The summed E-state index contributed by atoms with van der Waals surface area (Å²) in [5.74, 6) is 0.894. The Morgan fingerprint density at radius 2 is 2.00 bits per heavy atom. The molecule has 0 amide bonds. The fraction of sp³-hybridized carbons (Fsp3) is 1.00. The quantitative estimate of drug-likeness (QED) is 0.586. The van der Waals surface area contributed by atoms with E-state index >= 15 is 0 Å². The van der Waals surface area contributed by atoms with E-state index in [9.17, 15) is 0 Å². The van der Waals surface area contributed by atoms with Crippen LogP contribution in [0.5, 0.6) is 0 Å². The Morgan fingerprint density at radius 1 is 1.40 bits per heavy atom. The Labute approximate surface area is 63.8 Å². The fourth-order valence-corrected chi connectivity index (χ4v) is 0.730. The van der Waals surface area contributed by atoms with E-state index in [1.54, 1.807) is 0 Å². The summed E-state index contributed by atoms with van der Waals surface area (Å²) in [7, 11) is 0. The molecule has 0 aromatic heterocycles. The second-order valence-electron chi connectivity index (χ2n) is 3.87. The first-order chi connectivity index (χ1) is 4.64. The van der Waals surface area contributed by atoms with E-state index < -0.39 is 0 Å². The molecular weight excluding hydrogens is 124 g/mol. The number of ether oxygens (including phenoxy) is 1. The summed E-state index contributed by atoms with van der Waals surface area (Å²) in [5, 5.41) is 0. The zero-order valence-corrected chi connectivity index (χ0v) is 7.31. The number of rotatable bonds is 4. The van der Waals surface area contributed by atoms with Gasteiger partial charge in [0, 0.05) is 0 Å². The Bertz CT molecular complexity index is 103. The molecule has 0 radical (unpaired) electrons. The maximum atomic E-state index is 5.70. The van der Waals surface area contributed by atoms with Crippen LogP contribution in [0.25, 0.3) is 0 Å². The van der Waals surface area contributed by atoms with Crippen LogP contribution in [0.1, 0.15) is 40.0 Å². The lowest BCUT2D eigenvalue weighted by Gasteiger charge is -2.23. The van der Waals surface area contributed by atoms with Crippen LogP contribution in [-0.4, -0.2) is 12.2 Å². The smallest absolute Gasteiger partial charge is 0.0624 e. The molecule has 60 valence electrons. The van der Waals surface area contributed by atoms with E-state index in [4.69, 9.17) is 4.74 Å². The van der Waals surface area contributed by atoms with Gasteiger partial charge in [-0.15, -0.1) is 0 Å². The Hall–Kier alpha value is -0.0400. The molecule has 0 aromatic rings. The zero-order valence-electron chi connectivity index (χ0n) is 7.31. The molecule has 0 saturated heterocycles. The van der Waals surface area contributed by atoms with Crippen LogP contribution in [0, 0.1) is 5.92 Å². The van der Waals surface area contributed by atoms with Crippen molar-refractivity contribution in [2.75, 3.05) is 6.61 Å². The second-order valence-corrected chi connectivity index (χ2v) is 3.87. The predicted octanol–water partition coefficient (Wildman–Crippen LogP) is 2.60. The summed E-state index contributed by atoms with van der Waals surface area (Å²) in [6.45, 7) is 7.48. The molecule has 0 bridgehead atoms. The van der Waals surface area contributed by atoms with Crippen molar-refractivity contribution < 1.29 is 4.74 Å². The van der Waals surface area contributed by atoms with Crippen molar-refractivity contribution >= 4 is 0 Å². The maximum Gasteiger partial charge on any atom is 0.0624 e. The summed E-state index contributed by atoms with van der Waals surface area (Å²) in [4.78, 5) is 0. The predicted molar refractivity (Wildman–Crippen MR) is 43.0 cm³/mol. The molecule has 1 fully saturated rings. The molecule has 10 heavy (non-hydrogen) atoms. The SMILES string of the molecule is CCC(C)(C)OCC1CC1. The standard InChI is InChI=1S/C9H18O/c1-4-9(2,3)10-7-8-5-6-8/h8H,4-7H2,1-3H3. The van der Waals surface area contributed by atoms with Gasteiger partial charge in [-0.2, -0.15) is 0 Å². The molecule has 1 aliphatic carbocycles. The Kier molecular flexibility index (Phi) is 2.35. The molecule has 1 heteroatoms. The van der Waals surface area contributed by atoms with E-state index in [0.717, 1.165) is 18.9 Å². The van der Waals surface area contributed by atoms with Crippen molar-refractivity contribution in [1.29, 1.82) is 0 Å². The lowest BCUT2D eigenvalue weighted by Crippen LogP contribution is -2.24. The molecule has 1 rings (SSSR count). The van der Waals surface area contributed by atoms with Crippen molar-refractivity contribution in [2.24, 2.45) is 5.92 Å². The minimum atomic E-state index is 0.114. The molecule has 0 aromatic carbocycles. The zero-order chi connectivity index (χ0) is 7.61. The topological polar surface area (TPSA) is 9.23 Å². The third kappa shape index (κ3) is 2.70. The highest BCUT2D eigenvalue weighted by Gasteiger charge is 2.25. The van der Waals surface area contributed by atoms with E-state index in [0.29, 0.717) is 0 Å². The molecular formula is C9H18O. The lowest BCUT2D eigenvalue weighted by molar-refractivity contribution is -0.0254. The summed E-state index contributed by atoms with van der Waals surface area (Å²) in [6.07, 6.45) is 3.89. The Morgan fingerprint density at radius 3 is 2.40 bits per heavy atom. The number of hydrogen-bond acceptors (Lipinski definition) is 1. The van der Waals surface area contributed by atoms with Crippen molar-refractivity contribution in [3.05, 3.63) is 0 Å². The van der Waals surface area contributed by atoms with E-state index in [2.05, 4.69) is 20.8 Å². The monoisotopic (exact) mass is 142 g/mol. The second kappa shape index (κ2) is 2.91. The third-order valence-electron chi connectivity index (χ3n) is 2.26. The van der Waals surface area contributed by atoms with Gasteiger partial charge in [0.1, 0.15) is 0 Å². The van der Waals surface area contributed by atoms with Gasteiger partial charge in [0.2, 0.25) is 0 Å². The van der Waals surface area contributed by atoms with Crippen molar-refractivity contribution in [3.63, 3.8) is 0 Å². The molecule has 0 unspecified atom stereocenters. The molecule has 0 atom stereocenters. The van der Waals surface area contributed by atoms with Crippen molar-refractivity contribution in [2.45, 2.75) is 45.6 Å². The normalized spacial score (nSPS) is 19.5. The van der Waals surface area contributed by atoms with Crippen LogP contribution in [0.2, 0.25) is 0 Å².